The molecule has 1 aromatic rings. The smallest absolute Gasteiger partial charge is 0.223 e. The lowest BCUT2D eigenvalue weighted by Crippen LogP contribution is -2.39. The van der Waals surface area contributed by atoms with E-state index in [9.17, 15) is 15.0 Å². The molecule has 0 aliphatic heterocycles. The molecule has 4 heteroatoms. The number of nitrogens with one attached hydrogen (secondary N) is 1. The van der Waals surface area contributed by atoms with Crippen molar-refractivity contribution in [3.05, 3.63) is 35.4 Å². The summed E-state index contributed by atoms with van der Waals surface area (Å²) in [5.41, 5.74) is 1.24. The van der Waals surface area contributed by atoms with Gasteiger partial charge in [0.05, 0.1) is 24.2 Å². The van der Waals surface area contributed by atoms with E-state index in [1.165, 1.54) is 0 Å². The number of rotatable bonds is 3. The number of carbonyl (C=O) groups excluding carboxylic acids is 1. The SMILES string of the molecule is O=C(CC1(O)CCCC1)N[C@@H]1c2ccccc2C[C@@H]1O. The van der Waals surface area contributed by atoms with Gasteiger partial charge in [0.1, 0.15) is 0 Å². The van der Waals surface area contributed by atoms with E-state index in [4.69, 9.17) is 0 Å². The summed E-state index contributed by atoms with van der Waals surface area (Å²) in [6, 6.07) is 7.44. The Morgan fingerprint density at radius 3 is 2.75 bits per heavy atom. The zero-order valence-corrected chi connectivity index (χ0v) is 11.5. The fourth-order valence-corrected chi connectivity index (χ4v) is 3.48. The van der Waals surface area contributed by atoms with E-state index in [0.717, 1.165) is 24.0 Å². The second kappa shape index (κ2) is 5.19. The van der Waals surface area contributed by atoms with Gasteiger partial charge in [0.25, 0.3) is 0 Å². The predicted molar refractivity (Wildman–Crippen MR) is 75.1 cm³/mol. The maximum atomic E-state index is 12.1. The Bertz CT molecular complexity index is 508. The number of hydrogen-bond acceptors (Lipinski definition) is 3. The number of amides is 1. The van der Waals surface area contributed by atoms with Gasteiger partial charge in [0.15, 0.2) is 0 Å². The van der Waals surface area contributed by atoms with Crippen LogP contribution in [-0.2, 0) is 11.2 Å². The van der Waals surface area contributed by atoms with Gasteiger partial charge in [-0.05, 0) is 24.0 Å². The fraction of sp³-hybridized carbons (Fsp3) is 0.562. The molecule has 108 valence electrons. The van der Waals surface area contributed by atoms with Crippen molar-refractivity contribution >= 4 is 5.91 Å². The molecule has 4 nitrogen and oxygen atoms in total. The van der Waals surface area contributed by atoms with Crippen LogP contribution in [0.2, 0.25) is 0 Å². The highest BCUT2D eigenvalue weighted by molar-refractivity contribution is 5.78. The van der Waals surface area contributed by atoms with Crippen LogP contribution in [0, 0.1) is 0 Å². The first-order valence-corrected chi connectivity index (χ1v) is 7.35. The van der Waals surface area contributed by atoms with Crippen LogP contribution in [0.15, 0.2) is 24.3 Å². The summed E-state index contributed by atoms with van der Waals surface area (Å²) in [7, 11) is 0. The number of carbonyl (C=O) groups is 1. The highest BCUT2D eigenvalue weighted by Gasteiger charge is 2.36. The predicted octanol–water partition coefficient (Wildman–Crippen LogP) is 1.46. The molecule has 1 aromatic carbocycles. The summed E-state index contributed by atoms with van der Waals surface area (Å²) in [6.45, 7) is 0. The van der Waals surface area contributed by atoms with E-state index < -0.39 is 11.7 Å². The average molecular weight is 275 g/mol. The van der Waals surface area contributed by atoms with Crippen LogP contribution in [-0.4, -0.2) is 27.8 Å². The molecule has 0 aromatic heterocycles. The normalized spacial score (nSPS) is 27.3. The molecule has 2 aliphatic rings. The summed E-state index contributed by atoms with van der Waals surface area (Å²) in [4.78, 5) is 12.1. The van der Waals surface area contributed by atoms with Gasteiger partial charge in [-0.15, -0.1) is 0 Å². The summed E-state index contributed by atoms with van der Waals surface area (Å²) in [5.74, 6) is -0.171. The largest absolute Gasteiger partial charge is 0.390 e. The van der Waals surface area contributed by atoms with Gasteiger partial charge in [0, 0.05) is 6.42 Å². The maximum absolute atomic E-state index is 12.1. The summed E-state index contributed by atoms with van der Waals surface area (Å²) in [5, 5.41) is 23.3. The third kappa shape index (κ3) is 2.58. The molecule has 2 atom stereocenters. The van der Waals surface area contributed by atoms with Crippen molar-refractivity contribution in [2.45, 2.75) is 56.3 Å². The topological polar surface area (TPSA) is 69.6 Å². The molecule has 2 aliphatic carbocycles. The molecule has 0 unspecified atom stereocenters. The van der Waals surface area contributed by atoms with E-state index in [0.29, 0.717) is 19.3 Å². The highest BCUT2D eigenvalue weighted by Crippen LogP contribution is 2.34. The lowest BCUT2D eigenvalue weighted by atomic mass is 9.97. The van der Waals surface area contributed by atoms with Crippen molar-refractivity contribution in [2.75, 3.05) is 0 Å². The van der Waals surface area contributed by atoms with Gasteiger partial charge in [-0.1, -0.05) is 37.1 Å². The van der Waals surface area contributed by atoms with Crippen LogP contribution >= 0.6 is 0 Å². The van der Waals surface area contributed by atoms with Crippen LogP contribution < -0.4 is 5.32 Å². The molecule has 3 N–H and O–H groups in total. The van der Waals surface area contributed by atoms with E-state index in [1.807, 2.05) is 24.3 Å². The third-order valence-corrected chi connectivity index (χ3v) is 4.54. The maximum Gasteiger partial charge on any atom is 0.223 e. The second-order valence-corrected chi connectivity index (χ2v) is 6.12. The first-order chi connectivity index (χ1) is 9.57. The molecule has 1 saturated carbocycles. The Balaban J connectivity index is 1.67. The van der Waals surface area contributed by atoms with Crippen molar-refractivity contribution in [3.63, 3.8) is 0 Å². The first-order valence-electron chi connectivity index (χ1n) is 7.35. The van der Waals surface area contributed by atoms with Gasteiger partial charge in [-0.2, -0.15) is 0 Å². The summed E-state index contributed by atoms with van der Waals surface area (Å²) >= 11 is 0. The molecule has 0 bridgehead atoms. The van der Waals surface area contributed by atoms with E-state index in [1.54, 1.807) is 0 Å². The molecular formula is C16H21NO3. The first kappa shape index (κ1) is 13.6. The molecule has 0 saturated heterocycles. The van der Waals surface area contributed by atoms with E-state index >= 15 is 0 Å². The molecular weight excluding hydrogens is 254 g/mol. The van der Waals surface area contributed by atoms with Crippen LogP contribution in [0.1, 0.15) is 49.3 Å². The summed E-state index contributed by atoms with van der Waals surface area (Å²) < 4.78 is 0. The average Bonchev–Trinajstić information content (AvgIpc) is 2.95. The Morgan fingerprint density at radius 2 is 2.00 bits per heavy atom. The molecule has 1 amide bonds. The van der Waals surface area contributed by atoms with Crippen molar-refractivity contribution < 1.29 is 15.0 Å². The summed E-state index contributed by atoms with van der Waals surface area (Å²) in [6.07, 6.45) is 3.50. The van der Waals surface area contributed by atoms with Gasteiger partial charge >= 0.3 is 0 Å². The zero-order chi connectivity index (χ0) is 14.2. The zero-order valence-electron chi connectivity index (χ0n) is 11.5. The van der Waals surface area contributed by atoms with Crippen LogP contribution in [0.3, 0.4) is 0 Å². The number of aliphatic hydroxyl groups excluding tert-OH is 1. The second-order valence-electron chi connectivity index (χ2n) is 6.12. The van der Waals surface area contributed by atoms with Gasteiger partial charge < -0.3 is 15.5 Å². The van der Waals surface area contributed by atoms with Crippen molar-refractivity contribution in [1.82, 2.24) is 5.32 Å². The standard InChI is InChI=1S/C16H21NO3/c18-13-9-11-5-1-2-6-12(11)15(13)17-14(19)10-16(20)7-3-4-8-16/h1-2,5-6,13,15,18,20H,3-4,7-10H2,(H,17,19)/t13-,15+/m0/s1. The quantitative estimate of drug-likeness (QED) is 0.782. The van der Waals surface area contributed by atoms with Crippen molar-refractivity contribution in [2.24, 2.45) is 0 Å². The molecule has 1 fully saturated rings. The van der Waals surface area contributed by atoms with Crippen molar-refractivity contribution in [3.8, 4) is 0 Å². The minimum absolute atomic E-state index is 0.137. The van der Waals surface area contributed by atoms with Crippen LogP contribution in [0.5, 0.6) is 0 Å². The Morgan fingerprint density at radius 1 is 1.30 bits per heavy atom. The van der Waals surface area contributed by atoms with E-state index in [-0.39, 0.29) is 18.4 Å². The molecule has 3 rings (SSSR count). The Kier molecular flexibility index (Phi) is 3.52. The van der Waals surface area contributed by atoms with Gasteiger partial charge in [0.2, 0.25) is 5.91 Å². The Hall–Kier alpha value is -1.39. The minimum Gasteiger partial charge on any atom is -0.390 e. The number of aliphatic hydroxyl groups is 2. The van der Waals surface area contributed by atoms with Gasteiger partial charge in [-0.3, -0.25) is 4.79 Å². The fourth-order valence-electron chi connectivity index (χ4n) is 3.48. The molecule has 0 heterocycles. The lowest BCUT2D eigenvalue weighted by Gasteiger charge is -2.24. The van der Waals surface area contributed by atoms with Crippen LogP contribution in [0.4, 0.5) is 0 Å². The molecule has 20 heavy (non-hydrogen) atoms. The Labute approximate surface area is 118 Å². The number of hydrogen-bond donors (Lipinski definition) is 3. The van der Waals surface area contributed by atoms with E-state index in [2.05, 4.69) is 5.32 Å². The minimum atomic E-state index is -0.840. The highest BCUT2D eigenvalue weighted by atomic mass is 16.3. The molecule has 0 spiro atoms. The molecule has 0 radical (unpaired) electrons. The lowest BCUT2D eigenvalue weighted by molar-refractivity contribution is -0.127. The number of benzene rings is 1. The monoisotopic (exact) mass is 275 g/mol. The van der Waals surface area contributed by atoms with Crippen LogP contribution in [0.25, 0.3) is 0 Å². The van der Waals surface area contributed by atoms with Crippen molar-refractivity contribution in [1.29, 1.82) is 0 Å². The third-order valence-electron chi connectivity index (χ3n) is 4.54. The van der Waals surface area contributed by atoms with Gasteiger partial charge in [-0.25, -0.2) is 0 Å². The number of fused-ring (bicyclic) bond motifs is 1.